The van der Waals surface area contributed by atoms with E-state index < -0.39 is 5.41 Å². The predicted molar refractivity (Wildman–Crippen MR) is 74.3 cm³/mol. The summed E-state index contributed by atoms with van der Waals surface area (Å²) in [5.74, 6) is 0.428. The molecular formula is C13H18ClN3O2. The minimum Gasteiger partial charge on any atom is -0.384 e. The quantitative estimate of drug-likeness (QED) is 0.883. The average molecular weight is 284 g/mol. The summed E-state index contributed by atoms with van der Waals surface area (Å²) < 4.78 is 5.23. The van der Waals surface area contributed by atoms with Gasteiger partial charge in [-0.1, -0.05) is 11.6 Å². The molecule has 0 radical (unpaired) electrons. The lowest BCUT2D eigenvalue weighted by Gasteiger charge is -2.35. The second-order valence-electron chi connectivity index (χ2n) is 4.78. The van der Waals surface area contributed by atoms with Crippen LogP contribution in [0.4, 0.5) is 5.82 Å². The first-order valence-corrected chi connectivity index (χ1v) is 6.67. The van der Waals surface area contributed by atoms with Crippen molar-refractivity contribution in [2.45, 2.75) is 12.8 Å². The standard InChI is InChI=1S/C13H18ClN3O2/c1-19-9-13(3-6-15-7-4-13)12(18)17-11-8-10(14)2-5-16-11/h2,5,8,15H,3-4,6-7,9H2,1H3,(H,16,17,18). The summed E-state index contributed by atoms with van der Waals surface area (Å²) in [5, 5.41) is 6.64. The number of rotatable bonds is 4. The van der Waals surface area contributed by atoms with Crippen molar-refractivity contribution < 1.29 is 9.53 Å². The Kier molecular flexibility index (Phi) is 4.74. The van der Waals surface area contributed by atoms with Crippen LogP contribution in [-0.2, 0) is 9.53 Å². The van der Waals surface area contributed by atoms with Crippen molar-refractivity contribution in [3.63, 3.8) is 0 Å². The predicted octanol–water partition coefficient (Wildman–Crippen LogP) is 1.69. The number of hydrogen-bond donors (Lipinski definition) is 2. The molecule has 0 saturated carbocycles. The van der Waals surface area contributed by atoms with Crippen LogP contribution in [0.5, 0.6) is 0 Å². The normalized spacial score (nSPS) is 18.0. The fourth-order valence-electron chi connectivity index (χ4n) is 2.34. The largest absolute Gasteiger partial charge is 0.384 e. The molecule has 1 saturated heterocycles. The lowest BCUT2D eigenvalue weighted by Crippen LogP contribution is -2.47. The Labute approximate surface area is 117 Å². The average Bonchev–Trinajstić information content (AvgIpc) is 2.40. The number of anilines is 1. The highest BCUT2D eigenvalue weighted by Crippen LogP contribution is 2.30. The highest BCUT2D eigenvalue weighted by Gasteiger charge is 2.39. The Morgan fingerprint density at radius 2 is 2.32 bits per heavy atom. The van der Waals surface area contributed by atoms with E-state index in [2.05, 4.69) is 15.6 Å². The molecule has 0 atom stereocenters. The van der Waals surface area contributed by atoms with E-state index in [0.29, 0.717) is 17.4 Å². The van der Waals surface area contributed by atoms with Gasteiger partial charge in [-0.15, -0.1) is 0 Å². The van der Waals surface area contributed by atoms with Gasteiger partial charge in [-0.05, 0) is 38.1 Å². The second kappa shape index (κ2) is 6.32. The van der Waals surface area contributed by atoms with Crippen molar-refractivity contribution in [3.05, 3.63) is 23.4 Å². The van der Waals surface area contributed by atoms with Crippen molar-refractivity contribution in [1.82, 2.24) is 10.3 Å². The molecule has 5 nitrogen and oxygen atoms in total. The van der Waals surface area contributed by atoms with Crippen LogP contribution in [0, 0.1) is 5.41 Å². The number of methoxy groups -OCH3 is 1. The first-order chi connectivity index (χ1) is 9.16. The minimum absolute atomic E-state index is 0.0504. The molecule has 1 amide bonds. The van der Waals surface area contributed by atoms with Gasteiger partial charge in [-0.25, -0.2) is 4.98 Å². The molecule has 2 rings (SSSR count). The molecule has 2 heterocycles. The third kappa shape index (κ3) is 3.43. The highest BCUT2D eigenvalue weighted by atomic mass is 35.5. The molecule has 19 heavy (non-hydrogen) atoms. The molecule has 0 aliphatic carbocycles. The minimum atomic E-state index is -0.482. The first kappa shape index (κ1) is 14.2. The van der Waals surface area contributed by atoms with Gasteiger partial charge in [0, 0.05) is 18.3 Å². The van der Waals surface area contributed by atoms with Crippen LogP contribution in [0.2, 0.25) is 5.02 Å². The van der Waals surface area contributed by atoms with Gasteiger partial charge in [0.15, 0.2) is 0 Å². The molecular weight excluding hydrogens is 266 g/mol. The summed E-state index contributed by atoms with van der Waals surface area (Å²) in [5.41, 5.74) is -0.482. The molecule has 1 aromatic heterocycles. The van der Waals surface area contributed by atoms with Gasteiger partial charge in [0.1, 0.15) is 5.82 Å². The van der Waals surface area contributed by atoms with Crippen LogP contribution in [0.25, 0.3) is 0 Å². The highest BCUT2D eigenvalue weighted by molar-refractivity contribution is 6.30. The fraction of sp³-hybridized carbons (Fsp3) is 0.538. The SMILES string of the molecule is COCC1(C(=O)Nc2cc(Cl)ccn2)CCNCC1. The van der Waals surface area contributed by atoms with Crippen molar-refractivity contribution in [3.8, 4) is 0 Å². The summed E-state index contributed by atoms with van der Waals surface area (Å²) >= 11 is 5.88. The number of hydrogen-bond acceptors (Lipinski definition) is 4. The lowest BCUT2D eigenvalue weighted by molar-refractivity contribution is -0.130. The van der Waals surface area contributed by atoms with E-state index in [1.807, 2.05) is 0 Å². The number of aromatic nitrogens is 1. The zero-order valence-electron chi connectivity index (χ0n) is 10.9. The van der Waals surface area contributed by atoms with E-state index in [0.717, 1.165) is 25.9 Å². The van der Waals surface area contributed by atoms with Crippen LogP contribution >= 0.6 is 11.6 Å². The summed E-state index contributed by atoms with van der Waals surface area (Å²) in [4.78, 5) is 16.6. The Hall–Kier alpha value is -1.17. The van der Waals surface area contributed by atoms with Crippen LogP contribution in [-0.4, -0.2) is 37.7 Å². The Morgan fingerprint density at radius 3 is 2.95 bits per heavy atom. The molecule has 0 bridgehead atoms. The van der Waals surface area contributed by atoms with E-state index in [9.17, 15) is 4.79 Å². The topological polar surface area (TPSA) is 63.2 Å². The van der Waals surface area contributed by atoms with Gasteiger partial charge >= 0.3 is 0 Å². The maximum Gasteiger partial charge on any atom is 0.234 e. The number of amides is 1. The monoisotopic (exact) mass is 283 g/mol. The third-order valence-electron chi connectivity index (χ3n) is 3.43. The van der Waals surface area contributed by atoms with E-state index in [4.69, 9.17) is 16.3 Å². The van der Waals surface area contributed by atoms with Crippen LogP contribution in [0.3, 0.4) is 0 Å². The number of nitrogens with one attached hydrogen (secondary N) is 2. The second-order valence-corrected chi connectivity index (χ2v) is 5.21. The summed E-state index contributed by atoms with van der Waals surface area (Å²) in [6.45, 7) is 2.06. The smallest absolute Gasteiger partial charge is 0.234 e. The molecule has 104 valence electrons. The summed E-state index contributed by atoms with van der Waals surface area (Å²) in [6.07, 6.45) is 3.09. The maximum atomic E-state index is 12.5. The van der Waals surface area contributed by atoms with Crippen molar-refractivity contribution in [2.24, 2.45) is 5.41 Å². The molecule has 0 unspecified atom stereocenters. The molecule has 1 aliphatic heterocycles. The molecule has 2 N–H and O–H groups in total. The number of carbonyl (C=O) groups excluding carboxylic acids is 1. The molecule has 1 aromatic rings. The van der Waals surface area contributed by atoms with Gasteiger partial charge in [0.05, 0.1) is 12.0 Å². The van der Waals surface area contributed by atoms with Gasteiger partial charge in [-0.2, -0.15) is 0 Å². The van der Waals surface area contributed by atoms with E-state index in [1.54, 1.807) is 25.4 Å². The van der Waals surface area contributed by atoms with Gasteiger partial charge in [0.25, 0.3) is 0 Å². The molecule has 6 heteroatoms. The first-order valence-electron chi connectivity index (χ1n) is 6.29. The fourth-order valence-corrected chi connectivity index (χ4v) is 2.50. The number of halogens is 1. The van der Waals surface area contributed by atoms with E-state index >= 15 is 0 Å². The summed E-state index contributed by atoms with van der Waals surface area (Å²) in [6, 6.07) is 3.31. The Morgan fingerprint density at radius 1 is 1.58 bits per heavy atom. The van der Waals surface area contributed by atoms with Crippen LogP contribution in [0.15, 0.2) is 18.3 Å². The molecule has 0 spiro atoms. The molecule has 1 aliphatic rings. The Balaban J connectivity index is 2.11. The van der Waals surface area contributed by atoms with Crippen molar-refractivity contribution >= 4 is 23.3 Å². The Bertz CT molecular complexity index is 442. The maximum absolute atomic E-state index is 12.5. The number of carbonyl (C=O) groups is 1. The van der Waals surface area contributed by atoms with Crippen molar-refractivity contribution in [2.75, 3.05) is 32.1 Å². The van der Waals surface area contributed by atoms with Gasteiger partial charge in [-0.3, -0.25) is 4.79 Å². The van der Waals surface area contributed by atoms with E-state index in [1.165, 1.54) is 0 Å². The van der Waals surface area contributed by atoms with Gasteiger partial charge in [0.2, 0.25) is 5.91 Å². The zero-order valence-corrected chi connectivity index (χ0v) is 11.7. The molecule has 0 aromatic carbocycles. The third-order valence-corrected chi connectivity index (χ3v) is 3.66. The van der Waals surface area contributed by atoms with Crippen molar-refractivity contribution in [1.29, 1.82) is 0 Å². The zero-order chi connectivity index (χ0) is 13.7. The molecule has 1 fully saturated rings. The van der Waals surface area contributed by atoms with Crippen LogP contribution in [0.1, 0.15) is 12.8 Å². The summed E-state index contributed by atoms with van der Waals surface area (Å²) in [7, 11) is 1.62. The number of piperidine rings is 1. The van der Waals surface area contributed by atoms with Gasteiger partial charge < -0.3 is 15.4 Å². The number of pyridine rings is 1. The number of ether oxygens (including phenoxy) is 1. The lowest BCUT2D eigenvalue weighted by atomic mass is 9.78. The number of nitrogens with zero attached hydrogens (tertiary/aromatic N) is 1. The van der Waals surface area contributed by atoms with Crippen LogP contribution < -0.4 is 10.6 Å². The van der Waals surface area contributed by atoms with E-state index in [-0.39, 0.29) is 5.91 Å².